The highest BCUT2D eigenvalue weighted by Crippen LogP contribution is 2.30. The number of hydrogen-bond acceptors (Lipinski definition) is 1. The fourth-order valence-electron chi connectivity index (χ4n) is 4.32. The fraction of sp³-hybridized carbons (Fsp3) is 1.00. The van der Waals surface area contributed by atoms with Crippen molar-refractivity contribution >= 4 is 8.32 Å². The van der Waals surface area contributed by atoms with Gasteiger partial charge in [-0.2, -0.15) is 0 Å². The Morgan fingerprint density at radius 1 is 0.393 bits per heavy atom. The van der Waals surface area contributed by atoms with E-state index < -0.39 is 8.32 Å². The predicted molar refractivity (Wildman–Crippen MR) is 132 cm³/mol. The normalized spacial score (nSPS) is 12.0. The molecule has 0 saturated heterocycles. The van der Waals surface area contributed by atoms with E-state index in [1.165, 1.54) is 134 Å². The van der Waals surface area contributed by atoms with Crippen molar-refractivity contribution in [1.82, 2.24) is 0 Å². The maximum Gasteiger partial charge on any atom is 0.192 e. The summed E-state index contributed by atoms with van der Waals surface area (Å²) in [6.45, 7) is 10.4. The number of hydrogen-bond donors (Lipinski definition) is 0. The van der Waals surface area contributed by atoms with Crippen LogP contribution in [0.15, 0.2) is 0 Å². The average Bonchev–Trinajstić information content (AvgIpc) is 2.72. The maximum atomic E-state index is 6.77. The topological polar surface area (TPSA) is 9.23 Å². The lowest BCUT2D eigenvalue weighted by atomic mass is 10.1. The van der Waals surface area contributed by atoms with Gasteiger partial charge in [0.2, 0.25) is 0 Å². The van der Waals surface area contributed by atoms with Gasteiger partial charge in [0.15, 0.2) is 8.32 Å². The van der Waals surface area contributed by atoms with E-state index in [1.807, 2.05) is 0 Å². The van der Waals surface area contributed by atoms with Crippen molar-refractivity contribution in [3.63, 3.8) is 0 Å². The molecule has 0 aromatic rings. The van der Waals surface area contributed by atoms with Gasteiger partial charge in [-0.05, 0) is 24.6 Å². The van der Waals surface area contributed by atoms with Gasteiger partial charge in [-0.3, -0.25) is 0 Å². The maximum absolute atomic E-state index is 6.77. The third kappa shape index (κ3) is 17.1. The molecule has 170 valence electrons. The van der Waals surface area contributed by atoms with Gasteiger partial charge >= 0.3 is 0 Å². The van der Waals surface area contributed by atoms with Crippen molar-refractivity contribution in [1.29, 1.82) is 0 Å². The van der Waals surface area contributed by atoms with E-state index >= 15 is 0 Å². The van der Waals surface area contributed by atoms with Crippen LogP contribution in [-0.4, -0.2) is 14.9 Å². The quantitative estimate of drug-likeness (QED) is 0.120. The number of unbranched alkanes of at least 4 members (excludes halogenated alkanes) is 14. The smallest absolute Gasteiger partial charge is 0.192 e. The lowest BCUT2D eigenvalue weighted by Gasteiger charge is -2.32. The zero-order chi connectivity index (χ0) is 20.8. The second kappa shape index (κ2) is 21.9. The minimum atomic E-state index is -1.46. The molecule has 0 aromatic carbocycles. The average molecular weight is 413 g/mol. The summed E-state index contributed by atoms with van der Waals surface area (Å²) in [5, 5.41) is 0. The van der Waals surface area contributed by atoms with Crippen molar-refractivity contribution < 1.29 is 4.43 Å². The molecule has 1 nitrogen and oxygen atoms in total. The highest BCUT2D eigenvalue weighted by atomic mass is 28.4. The Balaban J connectivity index is 3.84. The molecule has 0 rings (SSSR count). The summed E-state index contributed by atoms with van der Waals surface area (Å²) in [7, 11) is -1.46. The highest BCUT2D eigenvalue weighted by Gasteiger charge is 2.32. The first-order chi connectivity index (χ1) is 13.7. The van der Waals surface area contributed by atoms with E-state index in [9.17, 15) is 0 Å². The van der Waals surface area contributed by atoms with Crippen LogP contribution in [-0.2, 0) is 4.43 Å². The summed E-state index contributed by atoms with van der Waals surface area (Å²) < 4.78 is 6.77. The van der Waals surface area contributed by atoms with Gasteiger partial charge in [-0.1, -0.05) is 137 Å². The van der Waals surface area contributed by atoms with Crippen LogP contribution in [0.1, 0.15) is 143 Å². The van der Waals surface area contributed by atoms with Gasteiger partial charge < -0.3 is 4.43 Å². The van der Waals surface area contributed by atoms with E-state index in [0.717, 1.165) is 6.61 Å². The third-order valence-corrected chi connectivity index (χ3v) is 11.0. The van der Waals surface area contributed by atoms with Gasteiger partial charge in [0, 0.05) is 6.61 Å². The van der Waals surface area contributed by atoms with Crippen molar-refractivity contribution in [2.75, 3.05) is 6.61 Å². The third-order valence-electron chi connectivity index (χ3n) is 6.36. The van der Waals surface area contributed by atoms with E-state index in [4.69, 9.17) is 4.43 Å². The Labute approximate surface area is 180 Å². The molecular formula is C26H56OSi. The summed E-state index contributed by atoms with van der Waals surface area (Å²) in [5.41, 5.74) is 0. The molecule has 0 aliphatic heterocycles. The van der Waals surface area contributed by atoms with Crippen LogP contribution >= 0.6 is 0 Å². The van der Waals surface area contributed by atoms with Crippen LogP contribution < -0.4 is 0 Å². The van der Waals surface area contributed by atoms with Crippen LogP contribution in [0.3, 0.4) is 0 Å². The fourth-order valence-corrected chi connectivity index (χ4v) is 9.07. The molecule has 0 N–H and O–H groups in total. The molecule has 0 radical (unpaired) electrons. The van der Waals surface area contributed by atoms with Crippen LogP contribution in [0.2, 0.25) is 18.1 Å². The van der Waals surface area contributed by atoms with Crippen LogP contribution in [0, 0.1) is 0 Å². The van der Waals surface area contributed by atoms with Gasteiger partial charge in [0.05, 0.1) is 0 Å². The van der Waals surface area contributed by atoms with E-state index in [2.05, 4.69) is 27.7 Å². The van der Waals surface area contributed by atoms with Crippen LogP contribution in [0.4, 0.5) is 0 Å². The summed E-state index contributed by atoms with van der Waals surface area (Å²) in [6, 6.07) is 4.26. The predicted octanol–water partition coefficient (Wildman–Crippen LogP) is 10.0. The first-order valence-electron chi connectivity index (χ1n) is 13.4. The van der Waals surface area contributed by atoms with Crippen molar-refractivity contribution in [2.45, 2.75) is 161 Å². The Hall–Kier alpha value is 0.177. The Morgan fingerprint density at radius 3 is 1.07 bits per heavy atom. The molecule has 0 aliphatic rings. The van der Waals surface area contributed by atoms with Gasteiger partial charge in [-0.15, -0.1) is 0 Å². The Kier molecular flexibility index (Phi) is 22.0. The summed E-state index contributed by atoms with van der Waals surface area (Å²) in [5.74, 6) is 0. The molecular weight excluding hydrogens is 356 g/mol. The molecule has 0 aromatic heterocycles. The first kappa shape index (κ1) is 28.2. The first-order valence-corrected chi connectivity index (χ1v) is 15.9. The minimum absolute atomic E-state index is 1.06. The van der Waals surface area contributed by atoms with Gasteiger partial charge in [0.1, 0.15) is 0 Å². The van der Waals surface area contributed by atoms with Gasteiger partial charge in [-0.25, -0.2) is 0 Å². The SMILES string of the molecule is CCCCCCCCCCCCCCO[Si](CCCC)(CCCC)CCCC. The molecule has 0 heterocycles. The molecule has 0 unspecified atom stereocenters. The zero-order valence-corrected chi connectivity index (χ0v) is 21.5. The lowest BCUT2D eigenvalue weighted by Crippen LogP contribution is -2.38. The molecule has 0 fully saturated rings. The number of rotatable bonds is 23. The minimum Gasteiger partial charge on any atom is -0.417 e. The van der Waals surface area contributed by atoms with E-state index in [0.29, 0.717) is 0 Å². The van der Waals surface area contributed by atoms with Crippen LogP contribution in [0.25, 0.3) is 0 Å². The molecule has 0 amide bonds. The molecule has 0 aliphatic carbocycles. The molecule has 0 spiro atoms. The molecule has 0 bridgehead atoms. The second-order valence-electron chi connectivity index (χ2n) is 9.23. The molecule has 0 atom stereocenters. The Bertz CT molecular complexity index is 270. The molecule has 28 heavy (non-hydrogen) atoms. The summed E-state index contributed by atoms with van der Waals surface area (Å²) >= 11 is 0. The van der Waals surface area contributed by atoms with E-state index in [1.54, 1.807) is 0 Å². The van der Waals surface area contributed by atoms with Crippen molar-refractivity contribution in [3.05, 3.63) is 0 Å². The second-order valence-corrected chi connectivity index (χ2v) is 13.4. The van der Waals surface area contributed by atoms with Crippen molar-refractivity contribution in [3.8, 4) is 0 Å². The standard InChI is InChI=1S/C26H56OSi/c1-5-9-13-14-15-16-17-18-19-20-21-22-23-27-28(24-10-6-2,25-11-7-3)26-12-8-4/h5-26H2,1-4H3. The van der Waals surface area contributed by atoms with Crippen LogP contribution in [0.5, 0.6) is 0 Å². The monoisotopic (exact) mass is 412 g/mol. The summed E-state index contributed by atoms with van der Waals surface area (Å²) in [4.78, 5) is 0. The van der Waals surface area contributed by atoms with Gasteiger partial charge in [0.25, 0.3) is 0 Å². The molecule has 2 heteroatoms. The largest absolute Gasteiger partial charge is 0.417 e. The van der Waals surface area contributed by atoms with E-state index in [-0.39, 0.29) is 0 Å². The molecule has 0 saturated carbocycles. The lowest BCUT2D eigenvalue weighted by molar-refractivity contribution is 0.282. The summed E-state index contributed by atoms with van der Waals surface area (Å²) in [6.07, 6.45) is 25.3. The van der Waals surface area contributed by atoms with Crippen molar-refractivity contribution in [2.24, 2.45) is 0 Å². The highest BCUT2D eigenvalue weighted by molar-refractivity contribution is 6.73. The zero-order valence-electron chi connectivity index (χ0n) is 20.5. The Morgan fingerprint density at radius 2 is 0.714 bits per heavy atom.